The van der Waals surface area contributed by atoms with E-state index in [0.717, 1.165) is 5.69 Å². The molecule has 0 saturated heterocycles. The summed E-state index contributed by atoms with van der Waals surface area (Å²) in [5, 5.41) is 9.44. The van der Waals surface area contributed by atoms with Crippen molar-refractivity contribution in [2.75, 3.05) is 12.4 Å². The Bertz CT molecular complexity index is 341. The average Bonchev–Trinajstić information content (AvgIpc) is 2.33. The Kier molecular flexibility index (Phi) is 11.5. The molecule has 0 radical (unpaired) electrons. The van der Waals surface area contributed by atoms with Gasteiger partial charge in [-0.25, -0.2) is 0 Å². The van der Waals surface area contributed by atoms with Crippen LogP contribution in [0.15, 0.2) is 24.3 Å². The van der Waals surface area contributed by atoms with Gasteiger partial charge in [-0.2, -0.15) is 0 Å². The van der Waals surface area contributed by atoms with Gasteiger partial charge in [0.1, 0.15) is 0 Å². The first-order valence-corrected chi connectivity index (χ1v) is 5.70. The van der Waals surface area contributed by atoms with Gasteiger partial charge in [-0.1, -0.05) is 17.7 Å². The highest BCUT2D eigenvalue weighted by molar-refractivity contribution is 5.70. The SMILES string of the molecule is COC(C)(C)C.Cc1ccc(NC=O)cc1.O=CO. The monoisotopic (exact) mass is 269 g/mol. The predicted octanol–water partition coefficient (Wildman–Crippen LogP) is 2.70. The van der Waals surface area contributed by atoms with Crippen LogP contribution in [0.25, 0.3) is 0 Å². The maximum absolute atomic E-state index is 9.95. The van der Waals surface area contributed by atoms with Gasteiger partial charge in [-0.05, 0) is 39.8 Å². The minimum absolute atomic E-state index is 0.0417. The Hall–Kier alpha value is -1.88. The standard InChI is InChI=1S/C8H9NO.C5H12O.CH2O2/c1-7-2-4-8(5-3-7)9-6-10;1-5(2,3)6-4;2-1-3/h2-6H,1H3,(H,9,10);1-4H3;1H,(H,2,3). The fourth-order valence-electron chi connectivity index (χ4n) is 0.718. The van der Waals surface area contributed by atoms with Crippen molar-refractivity contribution in [3.63, 3.8) is 0 Å². The summed E-state index contributed by atoms with van der Waals surface area (Å²) in [6, 6.07) is 7.63. The summed E-state index contributed by atoms with van der Waals surface area (Å²) in [4.78, 5) is 18.3. The lowest BCUT2D eigenvalue weighted by Crippen LogP contribution is -2.15. The highest BCUT2D eigenvalue weighted by Gasteiger charge is 2.04. The van der Waals surface area contributed by atoms with E-state index in [1.807, 2.05) is 52.0 Å². The van der Waals surface area contributed by atoms with Gasteiger partial charge < -0.3 is 15.2 Å². The summed E-state index contributed by atoms with van der Waals surface area (Å²) in [5.74, 6) is 0. The molecule has 2 N–H and O–H groups in total. The molecule has 0 heterocycles. The minimum Gasteiger partial charge on any atom is -0.483 e. The van der Waals surface area contributed by atoms with Crippen LogP contribution in [0.4, 0.5) is 5.69 Å². The zero-order chi connectivity index (χ0) is 15.3. The molecule has 0 saturated carbocycles. The second-order valence-electron chi connectivity index (χ2n) is 4.55. The van der Waals surface area contributed by atoms with Crippen LogP contribution in [-0.4, -0.2) is 30.7 Å². The number of ether oxygens (including phenoxy) is 1. The Morgan fingerprint density at radius 1 is 1.16 bits per heavy atom. The first-order chi connectivity index (χ1) is 8.80. The largest absolute Gasteiger partial charge is 0.483 e. The topological polar surface area (TPSA) is 75.6 Å². The van der Waals surface area contributed by atoms with E-state index in [2.05, 4.69) is 5.32 Å². The minimum atomic E-state index is -0.250. The molecule has 0 atom stereocenters. The number of hydrogen-bond acceptors (Lipinski definition) is 3. The zero-order valence-corrected chi connectivity index (χ0v) is 12.1. The van der Waals surface area contributed by atoms with Crippen molar-refractivity contribution < 1.29 is 19.4 Å². The molecular formula is C14H23NO4. The van der Waals surface area contributed by atoms with E-state index in [-0.39, 0.29) is 12.1 Å². The Balaban J connectivity index is 0. The Labute approximate surface area is 114 Å². The number of carbonyl (C=O) groups is 2. The molecule has 1 rings (SSSR count). The molecule has 0 unspecified atom stereocenters. The summed E-state index contributed by atoms with van der Waals surface area (Å²) in [6.07, 6.45) is 0.671. The number of methoxy groups -OCH3 is 1. The lowest BCUT2D eigenvalue weighted by molar-refractivity contribution is -0.122. The van der Waals surface area contributed by atoms with Gasteiger partial charge in [-0.15, -0.1) is 0 Å². The van der Waals surface area contributed by atoms with Gasteiger partial charge in [0, 0.05) is 12.8 Å². The number of carboxylic acid groups (broad SMARTS) is 1. The van der Waals surface area contributed by atoms with Crippen LogP contribution in [0, 0.1) is 6.92 Å². The van der Waals surface area contributed by atoms with E-state index >= 15 is 0 Å². The van der Waals surface area contributed by atoms with Gasteiger partial charge in [0.2, 0.25) is 6.41 Å². The van der Waals surface area contributed by atoms with Crippen molar-refractivity contribution in [1.29, 1.82) is 0 Å². The number of carbonyl (C=O) groups excluding carboxylic acids is 1. The summed E-state index contributed by atoms with van der Waals surface area (Å²) in [6.45, 7) is 7.82. The van der Waals surface area contributed by atoms with E-state index in [1.54, 1.807) is 7.11 Å². The molecule has 0 spiro atoms. The van der Waals surface area contributed by atoms with E-state index in [4.69, 9.17) is 14.6 Å². The van der Waals surface area contributed by atoms with Crippen LogP contribution in [0.3, 0.4) is 0 Å². The number of hydrogen-bond donors (Lipinski definition) is 2. The number of anilines is 1. The lowest BCUT2D eigenvalue weighted by Gasteiger charge is -2.14. The zero-order valence-electron chi connectivity index (χ0n) is 12.1. The first kappa shape index (κ1) is 19.5. The second kappa shape index (κ2) is 11.2. The summed E-state index contributed by atoms with van der Waals surface area (Å²) in [5.41, 5.74) is 2.07. The number of nitrogens with one attached hydrogen (secondary N) is 1. The van der Waals surface area contributed by atoms with E-state index in [9.17, 15) is 4.79 Å². The quantitative estimate of drug-likeness (QED) is 0.809. The summed E-state index contributed by atoms with van der Waals surface area (Å²) >= 11 is 0. The smallest absolute Gasteiger partial charge is 0.290 e. The van der Waals surface area contributed by atoms with E-state index in [1.165, 1.54) is 5.56 Å². The molecule has 108 valence electrons. The van der Waals surface area contributed by atoms with Crippen molar-refractivity contribution in [3.8, 4) is 0 Å². The number of rotatable bonds is 2. The molecule has 0 aromatic heterocycles. The maximum Gasteiger partial charge on any atom is 0.290 e. The highest BCUT2D eigenvalue weighted by Crippen LogP contribution is 2.06. The number of amides is 1. The lowest BCUT2D eigenvalue weighted by atomic mass is 10.2. The van der Waals surface area contributed by atoms with Crippen molar-refractivity contribution >= 4 is 18.6 Å². The average molecular weight is 269 g/mol. The molecule has 5 nitrogen and oxygen atoms in total. The predicted molar refractivity (Wildman–Crippen MR) is 76.3 cm³/mol. The van der Waals surface area contributed by atoms with Crippen molar-refractivity contribution in [3.05, 3.63) is 29.8 Å². The van der Waals surface area contributed by atoms with E-state index < -0.39 is 0 Å². The van der Waals surface area contributed by atoms with Gasteiger partial charge in [-0.3, -0.25) is 9.59 Å². The van der Waals surface area contributed by atoms with Crippen molar-refractivity contribution in [2.24, 2.45) is 0 Å². The summed E-state index contributed by atoms with van der Waals surface area (Å²) < 4.78 is 4.94. The Morgan fingerprint density at radius 3 is 1.79 bits per heavy atom. The third-order valence-corrected chi connectivity index (χ3v) is 1.89. The maximum atomic E-state index is 9.95. The molecule has 0 aliphatic carbocycles. The fourth-order valence-corrected chi connectivity index (χ4v) is 0.718. The van der Waals surface area contributed by atoms with Crippen LogP contribution >= 0.6 is 0 Å². The van der Waals surface area contributed by atoms with Crippen LogP contribution < -0.4 is 5.32 Å². The van der Waals surface area contributed by atoms with Crippen molar-refractivity contribution in [1.82, 2.24) is 0 Å². The van der Waals surface area contributed by atoms with Crippen LogP contribution in [0.5, 0.6) is 0 Å². The molecule has 19 heavy (non-hydrogen) atoms. The van der Waals surface area contributed by atoms with Gasteiger partial charge in [0.25, 0.3) is 6.47 Å². The molecule has 0 fully saturated rings. The van der Waals surface area contributed by atoms with Crippen LogP contribution in [0.1, 0.15) is 26.3 Å². The summed E-state index contributed by atoms with van der Waals surface area (Å²) in [7, 11) is 1.71. The van der Waals surface area contributed by atoms with Crippen LogP contribution in [0.2, 0.25) is 0 Å². The highest BCUT2D eigenvalue weighted by atomic mass is 16.5. The molecule has 1 amide bonds. The second-order valence-corrected chi connectivity index (χ2v) is 4.55. The van der Waals surface area contributed by atoms with E-state index in [0.29, 0.717) is 6.41 Å². The third-order valence-electron chi connectivity index (χ3n) is 1.89. The Morgan fingerprint density at radius 2 is 1.53 bits per heavy atom. The van der Waals surface area contributed by atoms with Crippen LogP contribution in [-0.2, 0) is 14.3 Å². The van der Waals surface area contributed by atoms with Gasteiger partial charge in [0.15, 0.2) is 0 Å². The number of benzene rings is 1. The molecule has 1 aromatic rings. The molecular weight excluding hydrogens is 246 g/mol. The van der Waals surface area contributed by atoms with Gasteiger partial charge in [0.05, 0.1) is 5.60 Å². The van der Waals surface area contributed by atoms with Gasteiger partial charge >= 0.3 is 0 Å². The number of aryl methyl sites for hydroxylation is 1. The van der Waals surface area contributed by atoms with Crippen molar-refractivity contribution in [2.45, 2.75) is 33.3 Å². The molecule has 0 aliphatic rings. The fraction of sp³-hybridized carbons (Fsp3) is 0.429. The molecule has 1 aromatic carbocycles. The first-order valence-electron chi connectivity index (χ1n) is 5.70. The molecule has 5 heteroatoms. The normalized spacial score (nSPS) is 9.11. The molecule has 0 bridgehead atoms. The molecule has 0 aliphatic heterocycles. The third kappa shape index (κ3) is 16.1.